The Labute approximate surface area is 233 Å². The van der Waals surface area contributed by atoms with Gasteiger partial charge in [-0.05, 0) is 74.3 Å². The highest BCUT2D eigenvalue weighted by Gasteiger charge is 2.27. The second-order valence-corrected chi connectivity index (χ2v) is 11.1. The lowest BCUT2D eigenvalue weighted by atomic mass is 9.89. The Morgan fingerprint density at radius 1 is 1.02 bits per heavy atom. The zero-order valence-corrected chi connectivity index (χ0v) is 23.0. The number of pyridine rings is 1. The van der Waals surface area contributed by atoms with Gasteiger partial charge in [0.15, 0.2) is 0 Å². The van der Waals surface area contributed by atoms with Crippen LogP contribution in [0.1, 0.15) is 73.3 Å². The van der Waals surface area contributed by atoms with Gasteiger partial charge in [-0.3, -0.25) is 24.6 Å². The minimum absolute atomic E-state index is 0.132. The first-order valence-corrected chi connectivity index (χ1v) is 14.1. The van der Waals surface area contributed by atoms with Crippen molar-refractivity contribution in [3.63, 3.8) is 0 Å². The largest absolute Gasteiger partial charge is 0.393 e. The summed E-state index contributed by atoms with van der Waals surface area (Å²) in [6, 6.07) is 10.0. The zero-order chi connectivity index (χ0) is 27.8. The standard InChI is InChI=1S/C30H35N7O3/c1-19(38)36-13-10-20(11-14-36)21-3-8-28-27(15-21)33-30(37(28)24-4-6-25(39)7-5-24)34-29(40)22-9-12-31-26(16-22)23-17-32-35(2)18-23/h3,8-9,12,15-18,20,24-25,39H,4-7,10-11,13-14H2,1-2H3,(H,33,34,40). The summed E-state index contributed by atoms with van der Waals surface area (Å²) in [5.74, 6) is 0.768. The number of amides is 2. The summed E-state index contributed by atoms with van der Waals surface area (Å²) in [6.07, 6.45) is 9.89. The van der Waals surface area contributed by atoms with Crippen molar-refractivity contribution in [3.05, 3.63) is 60.0 Å². The molecule has 0 unspecified atom stereocenters. The molecule has 2 N–H and O–H groups in total. The van der Waals surface area contributed by atoms with Gasteiger partial charge in [0.2, 0.25) is 11.9 Å². The van der Waals surface area contributed by atoms with E-state index >= 15 is 0 Å². The van der Waals surface area contributed by atoms with E-state index in [0.717, 1.165) is 68.2 Å². The first-order valence-electron chi connectivity index (χ1n) is 14.1. The third-order valence-electron chi connectivity index (χ3n) is 8.40. The fourth-order valence-corrected chi connectivity index (χ4v) is 6.13. The van der Waals surface area contributed by atoms with E-state index in [0.29, 0.717) is 23.1 Å². The molecule has 4 aromatic rings. The summed E-state index contributed by atoms with van der Waals surface area (Å²) in [5.41, 5.74) is 5.05. The van der Waals surface area contributed by atoms with Gasteiger partial charge in [0, 0.05) is 56.6 Å². The van der Waals surface area contributed by atoms with Crippen LogP contribution in [0.4, 0.5) is 5.95 Å². The molecule has 0 atom stereocenters. The van der Waals surface area contributed by atoms with Crippen LogP contribution < -0.4 is 5.32 Å². The molecule has 6 rings (SSSR count). The van der Waals surface area contributed by atoms with Crippen LogP contribution in [-0.2, 0) is 11.8 Å². The number of anilines is 1. The Bertz CT molecular complexity index is 1540. The van der Waals surface area contributed by atoms with Gasteiger partial charge in [-0.1, -0.05) is 6.07 Å². The highest BCUT2D eigenvalue weighted by atomic mass is 16.3. The number of fused-ring (bicyclic) bond motifs is 1. The molecule has 2 fully saturated rings. The number of nitrogens with zero attached hydrogens (tertiary/aromatic N) is 6. The maximum atomic E-state index is 13.5. The minimum atomic E-state index is -0.278. The molecule has 0 spiro atoms. The molecule has 0 bridgehead atoms. The number of nitrogens with one attached hydrogen (secondary N) is 1. The number of rotatable bonds is 5. The molecular formula is C30H35N7O3. The topological polar surface area (TPSA) is 118 Å². The van der Waals surface area contributed by atoms with Crippen LogP contribution in [0.5, 0.6) is 0 Å². The molecule has 1 saturated carbocycles. The molecule has 1 saturated heterocycles. The van der Waals surface area contributed by atoms with Crippen LogP contribution in [-0.4, -0.2) is 65.3 Å². The molecular weight excluding hydrogens is 506 g/mol. The number of piperidine rings is 1. The van der Waals surface area contributed by atoms with Gasteiger partial charge >= 0.3 is 0 Å². The van der Waals surface area contributed by atoms with E-state index in [2.05, 4.69) is 38.2 Å². The summed E-state index contributed by atoms with van der Waals surface area (Å²) in [7, 11) is 1.84. The second kappa shape index (κ2) is 10.8. The summed E-state index contributed by atoms with van der Waals surface area (Å²) >= 11 is 0. The van der Waals surface area contributed by atoms with Gasteiger partial charge < -0.3 is 14.6 Å². The summed E-state index contributed by atoms with van der Waals surface area (Å²) in [5, 5.41) is 17.4. The summed E-state index contributed by atoms with van der Waals surface area (Å²) in [4.78, 5) is 36.5. The lowest BCUT2D eigenvalue weighted by Gasteiger charge is -2.31. The number of aliphatic hydroxyl groups excluding tert-OH is 1. The van der Waals surface area contributed by atoms with Gasteiger partial charge in [-0.15, -0.1) is 0 Å². The quantitative estimate of drug-likeness (QED) is 0.389. The van der Waals surface area contributed by atoms with Crippen molar-refractivity contribution in [1.82, 2.24) is 29.2 Å². The summed E-state index contributed by atoms with van der Waals surface area (Å²) in [6.45, 7) is 3.17. The number of carbonyl (C=O) groups excluding carboxylic acids is 2. The number of aryl methyl sites for hydroxylation is 1. The first kappa shape index (κ1) is 26.2. The van der Waals surface area contributed by atoms with Crippen molar-refractivity contribution >= 4 is 28.8 Å². The van der Waals surface area contributed by atoms with E-state index in [4.69, 9.17) is 4.98 Å². The Morgan fingerprint density at radius 3 is 2.50 bits per heavy atom. The van der Waals surface area contributed by atoms with Gasteiger partial charge in [0.1, 0.15) is 0 Å². The smallest absolute Gasteiger partial charge is 0.258 e. The number of hydrogen-bond donors (Lipinski definition) is 2. The Balaban J connectivity index is 1.30. The average Bonchev–Trinajstić information content (AvgIpc) is 3.56. The Morgan fingerprint density at radius 2 is 1.80 bits per heavy atom. The fraction of sp³-hybridized carbons (Fsp3) is 0.433. The molecule has 1 aliphatic heterocycles. The van der Waals surface area contributed by atoms with E-state index in [1.807, 2.05) is 18.1 Å². The second-order valence-electron chi connectivity index (χ2n) is 11.1. The summed E-state index contributed by atoms with van der Waals surface area (Å²) < 4.78 is 3.85. The van der Waals surface area contributed by atoms with Gasteiger partial charge in [0.05, 0.1) is 29.0 Å². The minimum Gasteiger partial charge on any atom is -0.393 e. The predicted octanol–water partition coefficient (Wildman–Crippen LogP) is 4.29. The van der Waals surface area contributed by atoms with Crippen LogP contribution in [0, 0.1) is 0 Å². The molecule has 4 heterocycles. The van der Waals surface area contributed by atoms with Gasteiger partial charge in [-0.25, -0.2) is 4.98 Å². The molecule has 1 aromatic carbocycles. The maximum absolute atomic E-state index is 13.5. The fourth-order valence-electron chi connectivity index (χ4n) is 6.13. The van der Waals surface area contributed by atoms with E-state index in [9.17, 15) is 14.7 Å². The molecule has 3 aromatic heterocycles. The molecule has 0 radical (unpaired) electrons. The molecule has 10 nitrogen and oxygen atoms in total. The monoisotopic (exact) mass is 541 g/mol. The number of benzene rings is 1. The number of carbonyl (C=O) groups is 2. The van der Waals surface area contributed by atoms with E-state index in [1.165, 1.54) is 5.56 Å². The van der Waals surface area contributed by atoms with Crippen molar-refractivity contribution < 1.29 is 14.7 Å². The Kier molecular flexibility index (Phi) is 7.10. The highest BCUT2D eigenvalue weighted by Crippen LogP contribution is 2.37. The number of aromatic nitrogens is 5. The predicted molar refractivity (Wildman–Crippen MR) is 152 cm³/mol. The SMILES string of the molecule is CC(=O)N1CCC(c2ccc3c(c2)nc(NC(=O)c2ccnc(-c4cnn(C)c4)c2)n3C2CCC(O)CC2)CC1. The van der Waals surface area contributed by atoms with E-state index in [1.54, 1.807) is 36.1 Å². The number of hydrogen-bond acceptors (Lipinski definition) is 6. The molecule has 2 amide bonds. The number of aliphatic hydroxyl groups is 1. The molecule has 40 heavy (non-hydrogen) atoms. The Hall–Kier alpha value is -4.05. The normalized spacial score (nSPS) is 20.1. The van der Waals surface area contributed by atoms with Gasteiger partial charge in [0.25, 0.3) is 5.91 Å². The first-order chi connectivity index (χ1) is 19.4. The van der Waals surface area contributed by atoms with Crippen LogP contribution >= 0.6 is 0 Å². The molecule has 2 aliphatic rings. The molecule has 10 heteroatoms. The van der Waals surface area contributed by atoms with Crippen LogP contribution in [0.25, 0.3) is 22.3 Å². The van der Waals surface area contributed by atoms with E-state index in [-0.39, 0.29) is 24.0 Å². The average molecular weight is 542 g/mol. The van der Waals surface area contributed by atoms with Crippen molar-refractivity contribution in [3.8, 4) is 11.3 Å². The van der Waals surface area contributed by atoms with Crippen LogP contribution in [0.3, 0.4) is 0 Å². The highest BCUT2D eigenvalue weighted by molar-refractivity contribution is 6.04. The zero-order valence-electron chi connectivity index (χ0n) is 23.0. The van der Waals surface area contributed by atoms with Crippen molar-refractivity contribution in [2.24, 2.45) is 7.05 Å². The number of imidazole rings is 1. The van der Waals surface area contributed by atoms with Gasteiger partial charge in [-0.2, -0.15) is 5.10 Å². The lowest BCUT2D eigenvalue weighted by Crippen LogP contribution is -2.36. The van der Waals surface area contributed by atoms with Crippen LogP contribution in [0.15, 0.2) is 48.9 Å². The third kappa shape index (κ3) is 5.23. The number of likely N-dealkylation sites (tertiary alicyclic amines) is 1. The molecule has 1 aliphatic carbocycles. The van der Waals surface area contributed by atoms with Crippen molar-refractivity contribution in [2.45, 2.75) is 63.5 Å². The van der Waals surface area contributed by atoms with Crippen molar-refractivity contribution in [2.75, 3.05) is 18.4 Å². The van der Waals surface area contributed by atoms with E-state index < -0.39 is 0 Å². The lowest BCUT2D eigenvalue weighted by molar-refractivity contribution is -0.129. The van der Waals surface area contributed by atoms with Crippen LogP contribution in [0.2, 0.25) is 0 Å². The molecule has 208 valence electrons. The van der Waals surface area contributed by atoms with Crippen molar-refractivity contribution in [1.29, 1.82) is 0 Å². The maximum Gasteiger partial charge on any atom is 0.258 e. The third-order valence-corrected chi connectivity index (χ3v) is 8.40.